The first-order valence-electron chi connectivity index (χ1n) is 7.89. The van der Waals surface area contributed by atoms with E-state index in [-0.39, 0.29) is 0 Å². The van der Waals surface area contributed by atoms with Gasteiger partial charge in [-0.25, -0.2) is 9.67 Å². The molecule has 1 atom stereocenters. The molecule has 0 bridgehead atoms. The topological polar surface area (TPSA) is 62.1 Å². The van der Waals surface area contributed by atoms with Crippen molar-refractivity contribution >= 4 is 11.3 Å². The van der Waals surface area contributed by atoms with Gasteiger partial charge in [-0.2, -0.15) is 0 Å². The average Bonchev–Trinajstić information content (AvgIpc) is 3.36. The molecule has 124 valence electrons. The van der Waals surface area contributed by atoms with Crippen molar-refractivity contribution in [3.63, 3.8) is 0 Å². The Bertz CT molecular complexity index is 823. The van der Waals surface area contributed by atoms with Gasteiger partial charge in [0.1, 0.15) is 10.8 Å². The summed E-state index contributed by atoms with van der Waals surface area (Å²) in [7, 11) is 1.68. The van der Waals surface area contributed by atoms with E-state index in [1.165, 1.54) is 0 Å². The monoisotopic (exact) mass is 342 g/mol. The molecule has 1 fully saturated rings. The minimum Gasteiger partial charge on any atom is -0.496 e. The highest BCUT2D eigenvalue weighted by Gasteiger charge is 2.21. The summed E-state index contributed by atoms with van der Waals surface area (Å²) in [4.78, 5) is 5.67. The fourth-order valence-electron chi connectivity index (χ4n) is 2.83. The zero-order valence-electron chi connectivity index (χ0n) is 13.4. The Balaban J connectivity index is 1.51. The van der Waals surface area contributed by atoms with Gasteiger partial charge in [0.25, 0.3) is 0 Å². The normalized spacial score (nSPS) is 17.3. The van der Waals surface area contributed by atoms with E-state index in [1.807, 2.05) is 41.3 Å². The van der Waals surface area contributed by atoms with Gasteiger partial charge < -0.3 is 9.47 Å². The van der Waals surface area contributed by atoms with Crippen LogP contribution in [0, 0.1) is 0 Å². The molecule has 0 saturated carbocycles. The Labute approximate surface area is 144 Å². The Kier molecular flexibility index (Phi) is 4.27. The lowest BCUT2D eigenvalue weighted by molar-refractivity contribution is 0.193. The van der Waals surface area contributed by atoms with Crippen LogP contribution in [0.4, 0.5) is 0 Å². The third-order valence-corrected chi connectivity index (χ3v) is 5.13. The third-order valence-electron chi connectivity index (χ3n) is 4.11. The third kappa shape index (κ3) is 3.05. The number of ether oxygens (including phenoxy) is 2. The summed E-state index contributed by atoms with van der Waals surface area (Å²) >= 11 is 1.65. The van der Waals surface area contributed by atoms with Gasteiger partial charge >= 0.3 is 0 Å². The fraction of sp³-hybridized carbons (Fsp3) is 0.353. The number of thiazole rings is 1. The zero-order valence-corrected chi connectivity index (χ0v) is 14.2. The first-order valence-corrected chi connectivity index (χ1v) is 8.71. The maximum absolute atomic E-state index is 5.42. The van der Waals surface area contributed by atoms with Crippen LogP contribution in [-0.4, -0.2) is 40.3 Å². The van der Waals surface area contributed by atoms with E-state index in [0.29, 0.717) is 12.5 Å². The average molecular weight is 342 g/mol. The molecule has 0 N–H and O–H groups in total. The summed E-state index contributed by atoms with van der Waals surface area (Å²) in [6, 6.07) is 7.92. The molecule has 0 spiro atoms. The molecule has 0 aliphatic carbocycles. The molecule has 24 heavy (non-hydrogen) atoms. The molecule has 4 rings (SSSR count). The maximum Gasteiger partial charge on any atom is 0.129 e. The van der Waals surface area contributed by atoms with Gasteiger partial charge in [-0.1, -0.05) is 17.3 Å². The summed E-state index contributed by atoms with van der Waals surface area (Å²) < 4.78 is 12.7. The van der Waals surface area contributed by atoms with E-state index in [4.69, 9.17) is 9.47 Å². The highest BCUT2D eigenvalue weighted by atomic mass is 32.1. The van der Waals surface area contributed by atoms with Gasteiger partial charge in [-0.15, -0.1) is 16.4 Å². The first-order chi connectivity index (χ1) is 11.8. The zero-order chi connectivity index (χ0) is 16.4. The van der Waals surface area contributed by atoms with Crippen LogP contribution < -0.4 is 4.74 Å². The number of benzene rings is 1. The van der Waals surface area contributed by atoms with E-state index in [2.05, 4.69) is 15.3 Å². The molecule has 3 heterocycles. The molecule has 1 aliphatic heterocycles. The SMILES string of the molecule is COc1ccccc1-c1ncc(Cn2cc([C@@H]3CCOC3)nn2)s1. The number of rotatable bonds is 5. The summed E-state index contributed by atoms with van der Waals surface area (Å²) in [5.74, 6) is 1.21. The van der Waals surface area contributed by atoms with Crippen LogP contribution in [0.5, 0.6) is 5.75 Å². The van der Waals surface area contributed by atoms with Crippen LogP contribution in [-0.2, 0) is 11.3 Å². The molecule has 1 aromatic carbocycles. The van der Waals surface area contributed by atoms with Gasteiger partial charge in [0.15, 0.2) is 0 Å². The second-order valence-corrected chi connectivity index (χ2v) is 6.85. The van der Waals surface area contributed by atoms with Crippen LogP contribution in [0.3, 0.4) is 0 Å². The highest BCUT2D eigenvalue weighted by molar-refractivity contribution is 7.15. The Hall–Kier alpha value is -2.25. The smallest absolute Gasteiger partial charge is 0.129 e. The molecular formula is C17H18N4O2S. The fourth-order valence-corrected chi connectivity index (χ4v) is 3.77. The van der Waals surface area contributed by atoms with E-state index < -0.39 is 0 Å². The lowest BCUT2D eigenvalue weighted by atomic mass is 10.1. The molecule has 2 aromatic heterocycles. The molecule has 0 radical (unpaired) electrons. The molecule has 1 aliphatic rings. The lowest BCUT2D eigenvalue weighted by Gasteiger charge is -2.04. The molecule has 6 nitrogen and oxygen atoms in total. The Morgan fingerprint density at radius 3 is 3.12 bits per heavy atom. The van der Waals surface area contributed by atoms with Crippen LogP contribution in [0.15, 0.2) is 36.7 Å². The first kappa shape index (κ1) is 15.3. The minimum atomic E-state index is 0.379. The van der Waals surface area contributed by atoms with E-state index in [0.717, 1.165) is 46.5 Å². The molecule has 3 aromatic rings. The summed E-state index contributed by atoms with van der Waals surface area (Å²) in [5, 5.41) is 9.47. The van der Waals surface area contributed by atoms with Gasteiger partial charge in [0, 0.05) is 29.8 Å². The number of nitrogens with zero attached hydrogens (tertiary/aromatic N) is 4. The van der Waals surface area contributed by atoms with Crippen LogP contribution in [0.2, 0.25) is 0 Å². The number of hydrogen-bond donors (Lipinski definition) is 0. The van der Waals surface area contributed by atoms with E-state index in [9.17, 15) is 0 Å². The quantitative estimate of drug-likeness (QED) is 0.713. The second kappa shape index (κ2) is 6.70. The van der Waals surface area contributed by atoms with Crippen molar-refractivity contribution in [3.05, 3.63) is 47.2 Å². The number of aromatic nitrogens is 4. The predicted octanol–water partition coefficient (Wildman–Crippen LogP) is 2.96. The van der Waals surface area contributed by atoms with Crippen molar-refractivity contribution in [2.24, 2.45) is 0 Å². The summed E-state index contributed by atoms with van der Waals surface area (Å²) in [6.07, 6.45) is 4.94. The molecular weight excluding hydrogens is 324 g/mol. The maximum atomic E-state index is 5.42. The minimum absolute atomic E-state index is 0.379. The highest BCUT2D eigenvalue weighted by Crippen LogP contribution is 2.33. The molecule has 7 heteroatoms. The van der Waals surface area contributed by atoms with E-state index in [1.54, 1.807) is 18.4 Å². The summed E-state index contributed by atoms with van der Waals surface area (Å²) in [6.45, 7) is 2.24. The van der Waals surface area contributed by atoms with Crippen LogP contribution >= 0.6 is 11.3 Å². The van der Waals surface area contributed by atoms with Crippen molar-refractivity contribution in [1.82, 2.24) is 20.0 Å². The molecule has 1 saturated heterocycles. The van der Waals surface area contributed by atoms with Crippen molar-refractivity contribution < 1.29 is 9.47 Å². The van der Waals surface area contributed by atoms with Crippen molar-refractivity contribution in [3.8, 4) is 16.3 Å². The largest absolute Gasteiger partial charge is 0.496 e. The van der Waals surface area contributed by atoms with Gasteiger partial charge in [0.2, 0.25) is 0 Å². The Morgan fingerprint density at radius 1 is 1.38 bits per heavy atom. The van der Waals surface area contributed by atoms with Crippen LogP contribution in [0.25, 0.3) is 10.6 Å². The predicted molar refractivity (Wildman–Crippen MR) is 91.4 cm³/mol. The van der Waals surface area contributed by atoms with Gasteiger partial charge in [-0.3, -0.25) is 0 Å². The van der Waals surface area contributed by atoms with Gasteiger partial charge in [-0.05, 0) is 18.6 Å². The molecule has 0 unspecified atom stereocenters. The lowest BCUT2D eigenvalue weighted by Crippen LogP contribution is -1.99. The van der Waals surface area contributed by atoms with E-state index >= 15 is 0 Å². The van der Waals surface area contributed by atoms with Crippen molar-refractivity contribution in [2.45, 2.75) is 18.9 Å². The van der Waals surface area contributed by atoms with Crippen molar-refractivity contribution in [2.75, 3.05) is 20.3 Å². The van der Waals surface area contributed by atoms with Crippen LogP contribution in [0.1, 0.15) is 22.9 Å². The number of methoxy groups -OCH3 is 1. The second-order valence-electron chi connectivity index (χ2n) is 5.73. The van der Waals surface area contributed by atoms with Gasteiger partial charge in [0.05, 0.1) is 31.5 Å². The number of para-hydroxylation sites is 1. The Morgan fingerprint density at radius 2 is 2.29 bits per heavy atom. The van der Waals surface area contributed by atoms with Crippen molar-refractivity contribution in [1.29, 1.82) is 0 Å². The number of hydrogen-bond acceptors (Lipinski definition) is 6. The molecule has 0 amide bonds. The standard InChI is InChI=1S/C17H18N4O2S/c1-22-16-5-3-2-4-14(16)17-18-8-13(24-17)9-21-10-15(19-20-21)12-6-7-23-11-12/h2-5,8,10,12H,6-7,9,11H2,1H3/t12-/m1/s1. The summed E-state index contributed by atoms with van der Waals surface area (Å²) in [5.41, 5.74) is 2.03.